The van der Waals surface area contributed by atoms with E-state index < -0.39 is 0 Å². The molecule has 2 atom stereocenters. The minimum Gasteiger partial charge on any atom is -0.313 e. The molecule has 12 heavy (non-hydrogen) atoms. The number of unbranched alkanes of at least 4 members (excludes halogenated alkanes) is 1. The van der Waals surface area contributed by atoms with Crippen LogP contribution in [0.3, 0.4) is 0 Å². The Kier molecular flexibility index (Phi) is 4.69. The zero-order valence-corrected chi connectivity index (χ0v) is 8.39. The number of aliphatic imine (C=N–C) groups is 1. The Balaban J connectivity index is 1.96. The van der Waals surface area contributed by atoms with Crippen LogP contribution in [0.5, 0.6) is 0 Å². The minimum atomic E-state index is 0.576. The van der Waals surface area contributed by atoms with Crippen molar-refractivity contribution in [1.29, 1.82) is 0 Å². The number of hydrogen-bond donors (Lipinski definition) is 2. The Labute approximate surface area is 80.3 Å². The summed E-state index contributed by atoms with van der Waals surface area (Å²) in [5.74, 6) is 0. The maximum absolute atomic E-state index is 4.42. The van der Waals surface area contributed by atoms with Gasteiger partial charge in [0.2, 0.25) is 0 Å². The maximum atomic E-state index is 4.42. The van der Waals surface area contributed by atoms with E-state index in [1.807, 2.05) is 0 Å². The van der Waals surface area contributed by atoms with Gasteiger partial charge < -0.3 is 10.3 Å². The molecule has 0 aromatic rings. The molecule has 1 saturated heterocycles. The fraction of sp³-hybridized carbons (Fsp3) is 0.889. The highest BCUT2D eigenvalue weighted by Gasteiger charge is 2.19. The third-order valence-electron chi connectivity index (χ3n) is 2.32. The number of nitrogens with one attached hydrogen (secondary N) is 1. The van der Waals surface area contributed by atoms with Gasteiger partial charge in [-0.1, -0.05) is 6.42 Å². The van der Waals surface area contributed by atoms with E-state index in [9.17, 15) is 0 Å². The van der Waals surface area contributed by atoms with Crippen molar-refractivity contribution in [3.63, 3.8) is 0 Å². The summed E-state index contributed by atoms with van der Waals surface area (Å²) in [6, 6.07) is 0.706. The van der Waals surface area contributed by atoms with Crippen LogP contribution in [0.1, 0.15) is 25.7 Å². The predicted molar refractivity (Wildman–Crippen MR) is 57.4 cm³/mol. The molecule has 1 fully saturated rings. The minimum absolute atomic E-state index is 0.576. The number of hydrogen-bond acceptors (Lipinski definition) is 3. The molecule has 0 bridgehead atoms. The highest BCUT2D eigenvalue weighted by Crippen LogP contribution is 2.16. The molecule has 1 aliphatic heterocycles. The summed E-state index contributed by atoms with van der Waals surface area (Å²) >= 11 is 4.42. The van der Waals surface area contributed by atoms with E-state index in [0.29, 0.717) is 11.3 Å². The van der Waals surface area contributed by atoms with E-state index in [2.05, 4.69) is 29.7 Å². The first-order valence-electron chi connectivity index (χ1n) is 4.67. The molecule has 1 heterocycles. The Morgan fingerprint density at radius 2 is 2.33 bits per heavy atom. The molecule has 1 aliphatic rings. The van der Waals surface area contributed by atoms with E-state index in [1.54, 1.807) is 0 Å². The monoisotopic (exact) mass is 186 g/mol. The van der Waals surface area contributed by atoms with Gasteiger partial charge in [-0.05, 0) is 26.0 Å². The van der Waals surface area contributed by atoms with Crippen LogP contribution in [0.15, 0.2) is 4.99 Å². The Bertz CT molecular complexity index is 138. The lowest BCUT2D eigenvalue weighted by molar-refractivity contribution is 0.526. The summed E-state index contributed by atoms with van der Waals surface area (Å²) in [7, 11) is 0. The van der Waals surface area contributed by atoms with E-state index in [4.69, 9.17) is 0 Å². The fourth-order valence-electron chi connectivity index (χ4n) is 1.63. The summed E-state index contributed by atoms with van der Waals surface area (Å²) in [6.07, 6.45) is 4.94. The van der Waals surface area contributed by atoms with E-state index in [-0.39, 0.29) is 0 Å². The van der Waals surface area contributed by atoms with Gasteiger partial charge in [0.1, 0.15) is 0 Å². The molecule has 1 rings (SSSR count). The van der Waals surface area contributed by atoms with Crippen molar-refractivity contribution in [3.05, 3.63) is 0 Å². The largest absolute Gasteiger partial charge is 0.313 e. The van der Waals surface area contributed by atoms with Gasteiger partial charge in [0.05, 0.1) is 0 Å². The third-order valence-corrected chi connectivity index (χ3v) is 2.71. The van der Waals surface area contributed by atoms with Crippen molar-refractivity contribution < 1.29 is 0 Å². The summed E-state index contributed by atoms with van der Waals surface area (Å²) in [5, 5.41) is 4.04. The van der Waals surface area contributed by atoms with Crippen LogP contribution < -0.4 is 5.32 Å². The standard InChI is InChI=1S/C9H18N2S/c1-10-5-3-2-4-8-6-9(12)7-11-8/h8-9,11-12H,1-7H2. The molecule has 0 aromatic carbocycles. The smallest absolute Gasteiger partial charge is 0.0382 e. The molecular formula is C9H18N2S. The van der Waals surface area contributed by atoms with Crippen LogP contribution in [0.2, 0.25) is 0 Å². The first kappa shape index (κ1) is 10.1. The molecule has 0 aliphatic carbocycles. The van der Waals surface area contributed by atoms with Gasteiger partial charge in [-0.15, -0.1) is 0 Å². The zero-order valence-electron chi connectivity index (χ0n) is 7.50. The van der Waals surface area contributed by atoms with Crippen LogP contribution >= 0.6 is 12.6 Å². The van der Waals surface area contributed by atoms with Gasteiger partial charge in [0.25, 0.3) is 0 Å². The number of nitrogens with zero attached hydrogens (tertiary/aromatic N) is 1. The summed E-state index contributed by atoms with van der Waals surface area (Å²) in [6.45, 7) is 5.45. The third kappa shape index (κ3) is 3.59. The van der Waals surface area contributed by atoms with Crippen molar-refractivity contribution in [2.24, 2.45) is 4.99 Å². The molecule has 0 radical (unpaired) electrons. The Morgan fingerprint density at radius 1 is 1.50 bits per heavy atom. The summed E-state index contributed by atoms with van der Waals surface area (Å²) in [5.41, 5.74) is 0. The van der Waals surface area contributed by atoms with E-state index >= 15 is 0 Å². The SMILES string of the molecule is C=NCCCCC1CC(S)CN1. The second kappa shape index (κ2) is 5.60. The molecule has 1 N–H and O–H groups in total. The van der Waals surface area contributed by atoms with Gasteiger partial charge in [-0.25, -0.2) is 0 Å². The molecule has 0 amide bonds. The van der Waals surface area contributed by atoms with Crippen molar-refractivity contribution in [2.75, 3.05) is 13.1 Å². The summed E-state index contributed by atoms with van der Waals surface area (Å²) in [4.78, 5) is 3.83. The van der Waals surface area contributed by atoms with Gasteiger partial charge in [-0.2, -0.15) is 12.6 Å². The van der Waals surface area contributed by atoms with Crippen LogP contribution in [0.4, 0.5) is 0 Å². The first-order chi connectivity index (χ1) is 5.83. The number of thiol groups is 1. The maximum Gasteiger partial charge on any atom is 0.0382 e. The van der Waals surface area contributed by atoms with Crippen molar-refractivity contribution in [3.8, 4) is 0 Å². The van der Waals surface area contributed by atoms with Crippen LogP contribution in [0, 0.1) is 0 Å². The highest BCUT2D eigenvalue weighted by molar-refractivity contribution is 7.81. The average Bonchev–Trinajstić information content (AvgIpc) is 2.45. The molecule has 3 heteroatoms. The van der Waals surface area contributed by atoms with Crippen LogP contribution in [-0.2, 0) is 0 Å². The van der Waals surface area contributed by atoms with E-state index in [0.717, 1.165) is 13.1 Å². The van der Waals surface area contributed by atoms with Gasteiger partial charge >= 0.3 is 0 Å². The molecule has 70 valence electrons. The average molecular weight is 186 g/mol. The molecule has 2 nitrogen and oxygen atoms in total. The lowest BCUT2D eigenvalue weighted by atomic mass is 10.1. The molecule has 0 saturated carbocycles. The molecular weight excluding hydrogens is 168 g/mol. The van der Waals surface area contributed by atoms with Crippen molar-refractivity contribution in [1.82, 2.24) is 5.32 Å². The van der Waals surface area contributed by atoms with Crippen LogP contribution in [0.25, 0.3) is 0 Å². The molecule has 0 spiro atoms. The highest BCUT2D eigenvalue weighted by atomic mass is 32.1. The molecule has 2 unspecified atom stereocenters. The predicted octanol–water partition coefficient (Wildman–Crippen LogP) is 1.52. The second-order valence-electron chi connectivity index (χ2n) is 3.44. The van der Waals surface area contributed by atoms with Gasteiger partial charge in [0, 0.05) is 24.4 Å². The zero-order chi connectivity index (χ0) is 8.81. The topological polar surface area (TPSA) is 24.4 Å². The Morgan fingerprint density at radius 3 is 2.92 bits per heavy atom. The second-order valence-corrected chi connectivity index (χ2v) is 4.17. The fourth-order valence-corrected chi connectivity index (χ4v) is 1.99. The van der Waals surface area contributed by atoms with Crippen LogP contribution in [-0.4, -0.2) is 31.1 Å². The van der Waals surface area contributed by atoms with Crippen molar-refractivity contribution >= 4 is 19.3 Å². The molecule has 0 aromatic heterocycles. The van der Waals surface area contributed by atoms with Crippen molar-refractivity contribution in [2.45, 2.75) is 37.0 Å². The lowest BCUT2D eigenvalue weighted by Gasteiger charge is -2.08. The summed E-state index contributed by atoms with van der Waals surface area (Å²) < 4.78 is 0. The lowest BCUT2D eigenvalue weighted by Crippen LogP contribution is -2.21. The van der Waals surface area contributed by atoms with Gasteiger partial charge in [0.15, 0.2) is 0 Å². The normalized spacial score (nSPS) is 29.1. The first-order valence-corrected chi connectivity index (χ1v) is 5.18. The van der Waals surface area contributed by atoms with Gasteiger partial charge in [-0.3, -0.25) is 0 Å². The van der Waals surface area contributed by atoms with E-state index in [1.165, 1.54) is 25.7 Å². The Hall–Kier alpha value is -0.0200. The number of rotatable bonds is 5. The quantitative estimate of drug-likeness (QED) is 0.380.